The molecule has 24 heavy (non-hydrogen) atoms. The lowest BCUT2D eigenvalue weighted by Crippen LogP contribution is -2.41. The molecule has 0 saturated carbocycles. The number of sulfonamides is 1. The Morgan fingerprint density at radius 3 is 2.79 bits per heavy atom. The lowest BCUT2D eigenvalue weighted by atomic mass is 10.1. The van der Waals surface area contributed by atoms with Crippen LogP contribution in [0.2, 0.25) is 0 Å². The number of fused-ring (bicyclic) bond motifs is 1. The Morgan fingerprint density at radius 2 is 2.08 bits per heavy atom. The summed E-state index contributed by atoms with van der Waals surface area (Å²) in [6.07, 6.45) is 3.31. The highest BCUT2D eigenvalue weighted by molar-refractivity contribution is 7.89. The third-order valence-corrected chi connectivity index (χ3v) is 6.50. The van der Waals surface area contributed by atoms with Crippen molar-refractivity contribution in [2.24, 2.45) is 5.73 Å². The summed E-state index contributed by atoms with van der Waals surface area (Å²) < 4.78 is 38.7. The Balaban J connectivity index is 1.64. The highest BCUT2D eigenvalue weighted by atomic mass is 32.2. The van der Waals surface area contributed by atoms with Crippen molar-refractivity contribution in [2.75, 3.05) is 26.2 Å². The molecule has 0 aliphatic carbocycles. The molecule has 2 heterocycles. The summed E-state index contributed by atoms with van der Waals surface area (Å²) in [6, 6.07) is 5.18. The van der Waals surface area contributed by atoms with E-state index in [1.165, 1.54) is 0 Å². The number of piperidine rings is 1. The lowest BCUT2D eigenvalue weighted by Gasteiger charge is -2.31. The van der Waals surface area contributed by atoms with Crippen LogP contribution in [0, 0.1) is 0 Å². The molecular formula is C17H26N2O4S. The van der Waals surface area contributed by atoms with E-state index in [0.717, 1.165) is 37.0 Å². The topological polar surface area (TPSA) is 81.9 Å². The van der Waals surface area contributed by atoms with E-state index < -0.39 is 10.0 Å². The summed E-state index contributed by atoms with van der Waals surface area (Å²) in [5, 5.41) is 0. The zero-order valence-electron chi connectivity index (χ0n) is 14.1. The van der Waals surface area contributed by atoms with Crippen LogP contribution < -0.4 is 10.5 Å². The summed E-state index contributed by atoms with van der Waals surface area (Å²) in [4.78, 5) is 0.362. The molecule has 1 unspecified atom stereocenters. The van der Waals surface area contributed by atoms with E-state index in [2.05, 4.69) is 0 Å². The molecule has 7 heteroatoms. The normalized spacial score (nSPS) is 22.3. The van der Waals surface area contributed by atoms with Gasteiger partial charge in [0.25, 0.3) is 0 Å². The minimum atomic E-state index is -3.45. The molecule has 0 amide bonds. The van der Waals surface area contributed by atoms with Crippen LogP contribution in [0.3, 0.4) is 0 Å². The summed E-state index contributed by atoms with van der Waals surface area (Å²) >= 11 is 0. The maximum Gasteiger partial charge on any atom is 0.243 e. The molecule has 2 N–H and O–H groups in total. The van der Waals surface area contributed by atoms with Crippen LogP contribution in [-0.4, -0.2) is 51.2 Å². The summed E-state index contributed by atoms with van der Waals surface area (Å²) in [7, 11) is -3.45. The number of ether oxygens (including phenoxy) is 2. The first kappa shape index (κ1) is 17.7. The smallest absolute Gasteiger partial charge is 0.243 e. The zero-order valence-corrected chi connectivity index (χ0v) is 14.9. The van der Waals surface area contributed by atoms with Gasteiger partial charge in [0.05, 0.1) is 11.0 Å². The number of hydrogen-bond donors (Lipinski definition) is 1. The largest absolute Gasteiger partial charge is 0.490 e. The molecule has 3 rings (SSSR count). The second kappa shape index (κ2) is 7.39. The Hall–Kier alpha value is -1.15. The van der Waals surface area contributed by atoms with E-state index in [1.807, 2.05) is 6.92 Å². The fourth-order valence-electron chi connectivity index (χ4n) is 3.28. The summed E-state index contributed by atoms with van der Waals surface area (Å²) in [6.45, 7) is 4.26. The number of benzene rings is 1. The molecule has 6 nitrogen and oxygen atoms in total. The van der Waals surface area contributed by atoms with Gasteiger partial charge in [0, 0.05) is 26.1 Å². The monoisotopic (exact) mass is 354 g/mol. The lowest BCUT2D eigenvalue weighted by molar-refractivity contribution is 0.0209. The maximum atomic E-state index is 12.9. The van der Waals surface area contributed by atoms with Gasteiger partial charge in [0.2, 0.25) is 10.0 Å². The second-order valence-corrected chi connectivity index (χ2v) is 8.46. The number of hydrogen-bond acceptors (Lipinski definition) is 5. The molecule has 1 saturated heterocycles. The first-order valence-corrected chi connectivity index (χ1v) is 10.1. The molecule has 1 atom stereocenters. The molecule has 134 valence electrons. The Morgan fingerprint density at radius 1 is 1.33 bits per heavy atom. The molecule has 1 aromatic carbocycles. The van der Waals surface area contributed by atoms with Gasteiger partial charge < -0.3 is 15.2 Å². The molecule has 2 aliphatic rings. The standard InChI is InChI=1S/C17H26N2O4S/c1-13-11-14-12-16(3-4-17(14)23-13)24(20,21)19-8-5-15(6-9-19)22-10-2-7-18/h3-4,12-13,15H,2,5-11,18H2,1H3. The molecule has 0 radical (unpaired) electrons. The van der Waals surface area contributed by atoms with Gasteiger partial charge in [0.15, 0.2) is 0 Å². The van der Waals surface area contributed by atoms with Crippen molar-refractivity contribution in [3.05, 3.63) is 23.8 Å². The van der Waals surface area contributed by atoms with E-state index in [0.29, 0.717) is 31.1 Å². The molecular weight excluding hydrogens is 328 g/mol. The van der Waals surface area contributed by atoms with Crippen LogP contribution in [0.15, 0.2) is 23.1 Å². The average molecular weight is 354 g/mol. The van der Waals surface area contributed by atoms with E-state index in [-0.39, 0.29) is 12.2 Å². The summed E-state index contributed by atoms with van der Waals surface area (Å²) in [5.41, 5.74) is 6.43. The van der Waals surface area contributed by atoms with Gasteiger partial charge in [-0.15, -0.1) is 0 Å². The Labute approximate surface area is 144 Å². The van der Waals surface area contributed by atoms with Gasteiger partial charge in [0.1, 0.15) is 11.9 Å². The third kappa shape index (κ3) is 3.74. The van der Waals surface area contributed by atoms with Crippen LogP contribution in [0.1, 0.15) is 31.7 Å². The van der Waals surface area contributed by atoms with Crippen molar-refractivity contribution < 1.29 is 17.9 Å². The van der Waals surface area contributed by atoms with Crippen LogP contribution in [-0.2, 0) is 21.2 Å². The first-order valence-electron chi connectivity index (χ1n) is 8.62. The molecule has 0 spiro atoms. The third-order valence-electron chi connectivity index (χ3n) is 4.61. The average Bonchev–Trinajstić information content (AvgIpc) is 2.94. The minimum absolute atomic E-state index is 0.111. The van der Waals surface area contributed by atoms with Gasteiger partial charge in [-0.3, -0.25) is 0 Å². The quantitative estimate of drug-likeness (QED) is 0.784. The van der Waals surface area contributed by atoms with Crippen LogP contribution in [0.25, 0.3) is 0 Å². The molecule has 0 bridgehead atoms. The second-order valence-electron chi connectivity index (χ2n) is 6.52. The highest BCUT2D eigenvalue weighted by Crippen LogP contribution is 2.32. The number of rotatable bonds is 6. The van der Waals surface area contributed by atoms with Crippen molar-refractivity contribution in [3.8, 4) is 5.75 Å². The van der Waals surface area contributed by atoms with E-state index >= 15 is 0 Å². The SMILES string of the molecule is CC1Cc2cc(S(=O)(=O)N3CCC(OCCCN)CC3)ccc2O1. The van der Waals surface area contributed by atoms with Gasteiger partial charge >= 0.3 is 0 Å². The van der Waals surface area contributed by atoms with Gasteiger partial charge in [-0.2, -0.15) is 4.31 Å². The van der Waals surface area contributed by atoms with E-state index in [9.17, 15) is 8.42 Å². The van der Waals surface area contributed by atoms with Crippen LogP contribution >= 0.6 is 0 Å². The minimum Gasteiger partial charge on any atom is -0.490 e. The molecule has 0 aromatic heterocycles. The van der Waals surface area contributed by atoms with Crippen LogP contribution in [0.5, 0.6) is 5.75 Å². The van der Waals surface area contributed by atoms with E-state index in [4.69, 9.17) is 15.2 Å². The molecule has 2 aliphatic heterocycles. The van der Waals surface area contributed by atoms with Gasteiger partial charge in [-0.05, 0) is 56.5 Å². The van der Waals surface area contributed by atoms with E-state index in [1.54, 1.807) is 22.5 Å². The van der Waals surface area contributed by atoms with Crippen molar-refractivity contribution in [3.63, 3.8) is 0 Å². The van der Waals surface area contributed by atoms with Crippen molar-refractivity contribution >= 4 is 10.0 Å². The molecule has 1 fully saturated rings. The fourth-order valence-corrected chi connectivity index (χ4v) is 4.80. The summed E-state index contributed by atoms with van der Waals surface area (Å²) in [5.74, 6) is 0.800. The van der Waals surface area contributed by atoms with Crippen molar-refractivity contribution in [1.29, 1.82) is 0 Å². The number of nitrogens with two attached hydrogens (primary N) is 1. The predicted octanol–water partition coefficient (Wildman–Crippen LogP) is 1.53. The van der Waals surface area contributed by atoms with Gasteiger partial charge in [-0.1, -0.05) is 0 Å². The zero-order chi connectivity index (χ0) is 17.2. The van der Waals surface area contributed by atoms with Gasteiger partial charge in [-0.25, -0.2) is 8.42 Å². The Bertz CT molecular complexity index is 669. The highest BCUT2D eigenvalue weighted by Gasteiger charge is 2.31. The fraction of sp³-hybridized carbons (Fsp3) is 0.647. The molecule has 1 aromatic rings. The van der Waals surface area contributed by atoms with Crippen molar-refractivity contribution in [2.45, 2.75) is 49.7 Å². The van der Waals surface area contributed by atoms with Crippen molar-refractivity contribution in [1.82, 2.24) is 4.31 Å². The number of nitrogens with zero attached hydrogens (tertiary/aromatic N) is 1. The Kier molecular flexibility index (Phi) is 5.44. The van der Waals surface area contributed by atoms with Crippen LogP contribution in [0.4, 0.5) is 0 Å². The maximum absolute atomic E-state index is 12.9. The first-order chi connectivity index (χ1) is 11.5. The predicted molar refractivity (Wildman–Crippen MR) is 91.6 cm³/mol.